The quantitative estimate of drug-likeness (QED) is 0.529. The summed E-state index contributed by atoms with van der Waals surface area (Å²) in [5.74, 6) is -0.0860. The number of amides is 2. The molecular formula is C24H27N3O2S. The van der Waals surface area contributed by atoms with Crippen molar-refractivity contribution in [1.82, 2.24) is 10.3 Å². The van der Waals surface area contributed by atoms with E-state index in [4.69, 9.17) is 0 Å². The Bertz CT molecular complexity index is 994. The van der Waals surface area contributed by atoms with Crippen LogP contribution in [0.25, 0.3) is 10.6 Å². The fraction of sp³-hybridized carbons (Fsp3) is 0.292. The van der Waals surface area contributed by atoms with Gasteiger partial charge in [0.15, 0.2) is 0 Å². The maximum Gasteiger partial charge on any atom is 0.226 e. The van der Waals surface area contributed by atoms with E-state index in [0.29, 0.717) is 6.42 Å². The van der Waals surface area contributed by atoms with Gasteiger partial charge in [-0.05, 0) is 36.6 Å². The number of carbonyl (C=O) groups is 2. The van der Waals surface area contributed by atoms with E-state index in [2.05, 4.69) is 46.8 Å². The molecule has 0 radical (unpaired) electrons. The van der Waals surface area contributed by atoms with Gasteiger partial charge in [-0.25, -0.2) is 4.98 Å². The van der Waals surface area contributed by atoms with Crippen molar-refractivity contribution in [3.63, 3.8) is 0 Å². The molecule has 3 aromatic rings. The Morgan fingerprint density at radius 2 is 1.70 bits per heavy atom. The van der Waals surface area contributed by atoms with Crippen LogP contribution in [0, 0.1) is 0 Å². The van der Waals surface area contributed by atoms with Gasteiger partial charge in [-0.1, -0.05) is 50.2 Å². The average molecular weight is 422 g/mol. The average Bonchev–Trinajstić information content (AvgIpc) is 3.22. The number of aryl methyl sites for hydroxylation is 1. The molecule has 0 saturated heterocycles. The van der Waals surface area contributed by atoms with Crippen molar-refractivity contribution in [3.8, 4) is 10.6 Å². The molecule has 0 spiro atoms. The van der Waals surface area contributed by atoms with E-state index in [9.17, 15) is 9.59 Å². The van der Waals surface area contributed by atoms with Gasteiger partial charge < -0.3 is 10.6 Å². The number of hydrogen-bond acceptors (Lipinski definition) is 4. The standard InChI is InChI=1S/C24H27N3O2S/c1-4-17-6-8-19(9-7-17)24-27-21(15-30-24)14-23(29)25-16(3)18-10-12-20(13-11-18)26-22(28)5-2/h6-13,15-16H,4-5,14H2,1-3H3,(H,25,29)(H,26,28). The van der Waals surface area contributed by atoms with Gasteiger partial charge in [0.2, 0.25) is 11.8 Å². The monoisotopic (exact) mass is 421 g/mol. The van der Waals surface area contributed by atoms with E-state index in [1.807, 2.05) is 43.5 Å². The molecule has 1 atom stereocenters. The SMILES string of the molecule is CCC(=O)Nc1ccc(C(C)NC(=O)Cc2csc(-c3ccc(CC)cc3)n2)cc1. The number of hydrogen-bond donors (Lipinski definition) is 2. The molecule has 1 aromatic heterocycles. The summed E-state index contributed by atoms with van der Waals surface area (Å²) in [6.45, 7) is 5.89. The number of benzene rings is 2. The van der Waals surface area contributed by atoms with Crippen molar-refractivity contribution in [1.29, 1.82) is 0 Å². The Kier molecular flexibility index (Phi) is 7.36. The lowest BCUT2D eigenvalue weighted by atomic mass is 10.1. The molecule has 0 bridgehead atoms. The van der Waals surface area contributed by atoms with E-state index < -0.39 is 0 Å². The molecule has 1 heterocycles. The third-order valence-electron chi connectivity index (χ3n) is 4.90. The summed E-state index contributed by atoms with van der Waals surface area (Å²) >= 11 is 1.56. The van der Waals surface area contributed by atoms with Gasteiger partial charge in [-0.3, -0.25) is 9.59 Å². The number of nitrogens with zero attached hydrogens (tertiary/aromatic N) is 1. The number of thiazole rings is 1. The maximum atomic E-state index is 12.5. The molecule has 0 fully saturated rings. The minimum Gasteiger partial charge on any atom is -0.349 e. The summed E-state index contributed by atoms with van der Waals surface area (Å²) in [7, 11) is 0. The third-order valence-corrected chi connectivity index (χ3v) is 5.84. The van der Waals surface area contributed by atoms with Crippen molar-refractivity contribution in [2.24, 2.45) is 0 Å². The summed E-state index contributed by atoms with van der Waals surface area (Å²) in [4.78, 5) is 28.6. The Morgan fingerprint density at radius 3 is 2.33 bits per heavy atom. The van der Waals surface area contributed by atoms with Crippen LogP contribution in [0.5, 0.6) is 0 Å². The van der Waals surface area contributed by atoms with Gasteiger partial charge in [0.1, 0.15) is 5.01 Å². The van der Waals surface area contributed by atoms with Gasteiger partial charge in [0.05, 0.1) is 18.2 Å². The highest BCUT2D eigenvalue weighted by Gasteiger charge is 2.13. The van der Waals surface area contributed by atoms with Gasteiger partial charge >= 0.3 is 0 Å². The van der Waals surface area contributed by atoms with Gasteiger partial charge in [0.25, 0.3) is 0 Å². The summed E-state index contributed by atoms with van der Waals surface area (Å²) in [6.07, 6.45) is 1.70. The van der Waals surface area contributed by atoms with Crippen LogP contribution < -0.4 is 10.6 Å². The number of nitrogens with one attached hydrogen (secondary N) is 2. The number of rotatable bonds is 8. The molecular weight excluding hydrogens is 394 g/mol. The van der Waals surface area contributed by atoms with Crippen LogP contribution in [0.1, 0.15) is 50.1 Å². The lowest BCUT2D eigenvalue weighted by Gasteiger charge is -2.14. The highest BCUT2D eigenvalue weighted by molar-refractivity contribution is 7.13. The zero-order valence-electron chi connectivity index (χ0n) is 17.6. The second-order valence-electron chi connectivity index (χ2n) is 7.18. The first-order valence-electron chi connectivity index (χ1n) is 10.2. The van der Waals surface area contributed by atoms with E-state index in [0.717, 1.165) is 33.9 Å². The van der Waals surface area contributed by atoms with Crippen molar-refractivity contribution in [2.75, 3.05) is 5.32 Å². The molecule has 2 N–H and O–H groups in total. The third kappa shape index (κ3) is 5.76. The van der Waals surface area contributed by atoms with E-state index in [1.54, 1.807) is 11.3 Å². The Hall–Kier alpha value is -2.99. The van der Waals surface area contributed by atoms with Crippen LogP contribution in [0.2, 0.25) is 0 Å². The van der Waals surface area contributed by atoms with Crippen molar-refractivity contribution in [3.05, 3.63) is 70.7 Å². The van der Waals surface area contributed by atoms with Gasteiger partial charge in [0, 0.05) is 23.1 Å². The summed E-state index contributed by atoms with van der Waals surface area (Å²) in [5, 5.41) is 8.71. The largest absolute Gasteiger partial charge is 0.349 e. The fourth-order valence-electron chi connectivity index (χ4n) is 3.05. The molecule has 3 rings (SSSR count). The maximum absolute atomic E-state index is 12.5. The second-order valence-corrected chi connectivity index (χ2v) is 8.04. The first-order valence-corrected chi connectivity index (χ1v) is 11.1. The summed E-state index contributed by atoms with van der Waals surface area (Å²) in [5.41, 5.74) is 4.88. The Balaban J connectivity index is 1.56. The molecule has 0 aliphatic heterocycles. The van der Waals surface area contributed by atoms with Crippen LogP contribution in [0.4, 0.5) is 5.69 Å². The predicted octanol–water partition coefficient (Wildman–Crippen LogP) is 5.14. The summed E-state index contributed by atoms with van der Waals surface area (Å²) < 4.78 is 0. The van der Waals surface area contributed by atoms with Crippen molar-refractivity contribution < 1.29 is 9.59 Å². The molecule has 2 aromatic carbocycles. The number of aromatic nitrogens is 1. The minimum absolute atomic E-state index is 0.0203. The van der Waals surface area contributed by atoms with Gasteiger partial charge in [-0.2, -0.15) is 0 Å². The Morgan fingerprint density at radius 1 is 1.00 bits per heavy atom. The smallest absolute Gasteiger partial charge is 0.226 e. The zero-order valence-corrected chi connectivity index (χ0v) is 18.4. The first kappa shape index (κ1) is 21.7. The first-order chi connectivity index (χ1) is 14.5. The van der Waals surface area contributed by atoms with E-state index >= 15 is 0 Å². The van der Waals surface area contributed by atoms with Crippen LogP contribution in [-0.2, 0) is 22.4 Å². The highest BCUT2D eigenvalue weighted by atomic mass is 32.1. The topological polar surface area (TPSA) is 71.1 Å². The molecule has 0 saturated carbocycles. The van der Waals surface area contributed by atoms with Gasteiger partial charge in [-0.15, -0.1) is 11.3 Å². The normalized spacial score (nSPS) is 11.7. The second kappa shape index (κ2) is 10.2. The fourth-order valence-corrected chi connectivity index (χ4v) is 3.87. The lowest BCUT2D eigenvalue weighted by molar-refractivity contribution is -0.121. The number of carbonyl (C=O) groups excluding carboxylic acids is 2. The summed E-state index contributed by atoms with van der Waals surface area (Å²) in [6, 6.07) is 15.8. The van der Waals surface area contributed by atoms with E-state index in [-0.39, 0.29) is 24.3 Å². The van der Waals surface area contributed by atoms with Crippen LogP contribution in [0.15, 0.2) is 53.9 Å². The molecule has 0 aliphatic carbocycles. The molecule has 0 aliphatic rings. The van der Waals surface area contributed by atoms with Crippen LogP contribution >= 0.6 is 11.3 Å². The molecule has 2 amide bonds. The van der Waals surface area contributed by atoms with Crippen molar-refractivity contribution >= 4 is 28.8 Å². The molecule has 30 heavy (non-hydrogen) atoms. The highest BCUT2D eigenvalue weighted by Crippen LogP contribution is 2.24. The lowest BCUT2D eigenvalue weighted by Crippen LogP contribution is -2.28. The number of anilines is 1. The zero-order chi connectivity index (χ0) is 21.5. The predicted molar refractivity (Wildman–Crippen MR) is 123 cm³/mol. The van der Waals surface area contributed by atoms with Crippen molar-refractivity contribution in [2.45, 2.75) is 46.1 Å². The minimum atomic E-state index is -0.131. The Labute approximate surface area is 181 Å². The molecule has 156 valence electrons. The molecule has 6 heteroatoms. The van der Waals surface area contributed by atoms with Crippen LogP contribution in [0.3, 0.4) is 0 Å². The van der Waals surface area contributed by atoms with Crippen LogP contribution in [-0.4, -0.2) is 16.8 Å². The molecule has 1 unspecified atom stereocenters. The molecule has 5 nitrogen and oxygen atoms in total. The van der Waals surface area contributed by atoms with E-state index in [1.165, 1.54) is 5.56 Å².